The zero-order valence-electron chi connectivity index (χ0n) is 22.1. The van der Waals surface area contributed by atoms with Gasteiger partial charge in [-0.25, -0.2) is 0 Å². The highest BCUT2D eigenvalue weighted by Crippen LogP contribution is 2.52. The number of carbonyl (C=O) groups excluding carboxylic acids is 5. The van der Waals surface area contributed by atoms with E-state index in [0.29, 0.717) is 23.4 Å². The Morgan fingerprint density at radius 2 is 1.92 bits per heavy atom. The van der Waals surface area contributed by atoms with Crippen LogP contribution in [0.4, 0.5) is 0 Å². The van der Waals surface area contributed by atoms with Crippen molar-refractivity contribution in [3.63, 3.8) is 0 Å². The second-order valence-electron chi connectivity index (χ2n) is 10.8. The van der Waals surface area contributed by atoms with Crippen LogP contribution < -0.4 is 15.8 Å². The van der Waals surface area contributed by atoms with Crippen LogP contribution in [0.1, 0.15) is 47.7 Å². The topological polar surface area (TPSA) is 176 Å². The maximum atomic E-state index is 13.8. The monoisotopic (exact) mass is 529 g/mol. The van der Waals surface area contributed by atoms with Crippen LogP contribution in [-0.2, 0) is 32.1 Å². The van der Waals surface area contributed by atoms with Crippen molar-refractivity contribution < 1.29 is 38.9 Å². The van der Waals surface area contributed by atoms with E-state index >= 15 is 0 Å². The van der Waals surface area contributed by atoms with Gasteiger partial charge in [-0.15, -0.1) is 0 Å². The SMILES string of the molecule is CCCCNCc1cc(O)c2c(c1OC)C[C@H]1C[C@H]3[C@H](N(C)C)C(=O)C(C(N)=O)C(=O)[C@@]3(O)C(=O)C1C2=O. The first-order chi connectivity index (χ1) is 17.9. The number of unbranched alkanes of at least 4 members (excludes halogenated alkanes) is 1. The van der Waals surface area contributed by atoms with Gasteiger partial charge in [0.25, 0.3) is 0 Å². The molecule has 6 atom stereocenters. The summed E-state index contributed by atoms with van der Waals surface area (Å²) in [6, 6.07) is 0.288. The van der Waals surface area contributed by atoms with Crippen LogP contribution in [0.3, 0.4) is 0 Å². The van der Waals surface area contributed by atoms with Gasteiger partial charge in [0.1, 0.15) is 11.5 Å². The van der Waals surface area contributed by atoms with E-state index in [9.17, 15) is 34.2 Å². The van der Waals surface area contributed by atoms with E-state index in [1.54, 1.807) is 14.1 Å². The van der Waals surface area contributed by atoms with E-state index in [1.807, 2.05) is 0 Å². The lowest BCUT2D eigenvalue weighted by molar-refractivity contribution is -0.181. The molecule has 0 bridgehead atoms. The Balaban J connectivity index is 1.80. The van der Waals surface area contributed by atoms with Crippen molar-refractivity contribution in [2.24, 2.45) is 29.4 Å². The molecule has 0 aromatic heterocycles. The molecule has 0 aliphatic heterocycles. The zero-order chi connectivity index (χ0) is 28.1. The molecule has 1 aromatic carbocycles. The van der Waals surface area contributed by atoms with Crippen molar-refractivity contribution in [2.45, 2.75) is 50.8 Å². The van der Waals surface area contributed by atoms with Crippen LogP contribution >= 0.6 is 0 Å². The summed E-state index contributed by atoms with van der Waals surface area (Å²) in [6.07, 6.45) is 2.13. The minimum atomic E-state index is -2.74. The van der Waals surface area contributed by atoms with Gasteiger partial charge in [0.15, 0.2) is 34.7 Å². The molecule has 3 aliphatic rings. The van der Waals surface area contributed by atoms with E-state index in [-0.39, 0.29) is 24.2 Å². The second-order valence-corrected chi connectivity index (χ2v) is 10.8. The fourth-order valence-electron chi connectivity index (χ4n) is 6.63. The van der Waals surface area contributed by atoms with Crippen molar-refractivity contribution in [2.75, 3.05) is 27.7 Å². The van der Waals surface area contributed by atoms with E-state index in [2.05, 4.69) is 12.2 Å². The van der Waals surface area contributed by atoms with E-state index < -0.39 is 64.4 Å². The third kappa shape index (κ3) is 4.04. The number of methoxy groups -OCH3 is 1. The molecule has 5 N–H and O–H groups in total. The predicted molar refractivity (Wildman–Crippen MR) is 135 cm³/mol. The fourth-order valence-corrected chi connectivity index (χ4v) is 6.63. The lowest BCUT2D eigenvalue weighted by Gasteiger charge is -2.52. The number of aromatic hydroxyl groups is 1. The Kier molecular flexibility index (Phi) is 7.48. The number of hydrogen-bond acceptors (Lipinski definition) is 10. The summed E-state index contributed by atoms with van der Waals surface area (Å²) >= 11 is 0. The second kappa shape index (κ2) is 10.2. The highest BCUT2D eigenvalue weighted by Gasteiger charge is 2.69. The number of ether oxygens (including phenoxy) is 1. The van der Waals surface area contributed by atoms with Gasteiger partial charge in [0.2, 0.25) is 5.91 Å². The van der Waals surface area contributed by atoms with Crippen LogP contribution in [0.15, 0.2) is 6.07 Å². The first-order valence-corrected chi connectivity index (χ1v) is 12.9. The average Bonchev–Trinajstić information content (AvgIpc) is 2.83. The van der Waals surface area contributed by atoms with Gasteiger partial charge in [-0.2, -0.15) is 0 Å². The van der Waals surface area contributed by atoms with Crippen LogP contribution in [0.2, 0.25) is 0 Å². The largest absolute Gasteiger partial charge is 0.507 e. The number of phenolic OH excluding ortho intramolecular Hbond substituents is 1. The molecule has 38 heavy (non-hydrogen) atoms. The molecule has 3 aliphatic carbocycles. The molecule has 1 aromatic rings. The lowest BCUT2D eigenvalue weighted by Crippen LogP contribution is -2.74. The number of carbonyl (C=O) groups is 5. The number of rotatable bonds is 8. The van der Waals surface area contributed by atoms with Crippen molar-refractivity contribution in [3.05, 3.63) is 22.8 Å². The fraction of sp³-hybridized carbons (Fsp3) is 0.593. The number of fused-ring (bicyclic) bond motifs is 3. The van der Waals surface area contributed by atoms with E-state index in [1.165, 1.54) is 18.1 Å². The molecule has 0 saturated heterocycles. The van der Waals surface area contributed by atoms with Crippen molar-refractivity contribution in [1.29, 1.82) is 0 Å². The maximum Gasteiger partial charge on any atom is 0.235 e. The summed E-state index contributed by atoms with van der Waals surface area (Å²) in [7, 11) is 4.56. The molecule has 2 fully saturated rings. The molecule has 11 heteroatoms. The van der Waals surface area contributed by atoms with Crippen molar-refractivity contribution in [3.8, 4) is 11.5 Å². The number of Topliss-reactive ketones (excluding diaryl/α,β-unsaturated/α-hetero) is 4. The van der Waals surface area contributed by atoms with Gasteiger partial charge < -0.3 is 26.0 Å². The lowest BCUT2D eigenvalue weighted by atomic mass is 9.52. The molecule has 206 valence electrons. The number of aliphatic hydroxyl groups is 1. The molecular formula is C27H35N3O8. The van der Waals surface area contributed by atoms with Crippen molar-refractivity contribution >= 4 is 29.0 Å². The summed E-state index contributed by atoms with van der Waals surface area (Å²) in [5.41, 5.74) is 3.63. The Morgan fingerprint density at radius 1 is 1.24 bits per heavy atom. The number of nitrogens with two attached hydrogens (primary N) is 1. The highest BCUT2D eigenvalue weighted by atomic mass is 16.5. The number of amides is 1. The van der Waals surface area contributed by atoms with Gasteiger partial charge in [0, 0.05) is 23.6 Å². The number of likely N-dealkylation sites (N-methyl/N-ethyl adjacent to an activating group) is 1. The minimum absolute atomic E-state index is 0.00715. The highest BCUT2D eigenvalue weighted by molar-refractivity contribution is 6.32. The van der Waals surface area contributed by atoms with Gasteiger partial charge in [-0.1, -0.05) is 13.3 Å². The number of hydrogen-bond donors (Lipinski definition) is 4. The third-order valence-electron chi connectivity index (χ3n) is 8.32. The maximum absolute atomic E-state index is 13.8. The average molecular weight is 530 g/mol. The Labute approximate surface area is 220 Å². The van der Waals surface area contributed by atoms with Gasteiger partial charge in [-0.05, 0) is 51.9 Å². The normalized spacial score (nSPS) is 30.6. The third-order valence-corrected chi connectivity index (χ3v) is 8.32. The minimum Gasteiger partial charge on any atom is -0.507 e. The zero-order valence-corrected chi connectivity index (χ0v) is 22.1. The van der Waals surface area contributed by atoms with E-state index in [0.717, 1.165) is 19.4 Å². The standard InChI is InChI=1S/C27H35N3O8/c1-5-6-7-29-11-13-10-16(31)18-14(23(13)38-4)8-12-9-15-20(30(2)3)22(33)19(26(28)36)25(35)27(15,37)24(34)17(12)21(18)32/h10,12,15,17,19-20,29,31,37H,5-9,11H2,1-4H3,(H2,28,36)/t12-,15-,17?,19?,20-,27-/m0/s1. The van der Waals surface area contributed by atoms with Crippen LogP contribution in [0, 0.1) is 23.7 Å². The molecular weight excluding hydrogens is 494 g/mol. The molecule has 0 spiro atoms. The van der Waals surface area contributed by atoms with E-state index in [4.69, 9.17) is 10.5 Å². The summed E-state index contributed by atoms with van der Waals surface area (Å²) < 4.78 is 5.67. The Morgan fingerprint density at radius 3 is 2.50 bits per heavy atom. The predicted octanol–water partition coefficient (Wildman–Crippen LogP) is -0.235. The Bertz CT molecular complexity index is 1210. The molecule has 0 heterocycles. The Hall–Kier alpha value is -3.15. The number of benzene rings is 1. The van der Waals surface area contributed by atoms with Gasteiger partial charge in [0.05, 0.1) is 24.6 Å². The molecule has 4 rings (SSSR count). The van der Waals surface area contributed by atoms with Gasteiger partial charge in [-0.3, -0.25) is 28.9 Å². The summed E-state index contributed by atoms with van der Waals surface area (Å²) in [6.45, 7) is 3.23. The first-order valence-electron chi connectivity index (χ1n) is 12.9. The molecule has 1 amide bonds. The van der Waals surface area contributed by atoms with Crippen molar-refractivity contribution in [1.82, 2.24) is 10.2 Å². The molecule has 0 radical (unpaired) electrons. The summed E-state index contributed by atoms with van der Waals surface area (Å²) in [5.74, 6) is -10.2. The number of phenols is 1. The van der Waals surface area contributed by atoms with Crippen LogP contribution in [0.5, 0.6) is 11.5 Å². The molecule has 11 nitrogen and oxygen atoms in total. The molecule has 2 unspecified atom stereocenters. The van der Waals surface area contributed by atoms with Gasteiger partial charge >= 0.3 is 0 Å². The smallest absolute Gasteiger partial charge is 0.235 e. The van der Waals surface area contributed by atoms with Crippen LogP contribution in [-0.4, -0.2) is 83.5 Å². The summed E-state index contributed by atoms with van der Waals surface area (Å²) in [4.78, 5) is 67.5. The number of ketones is 4. The number of nitrogens with zero attached hydrogens (tertiary/aromatic N) is 1. The van der Waals surface area contributed by atoms with Crippen LogP contribution in [0.25, 0.3) is 0 Å². The quantitative estimate of drug-likeness (QED) is 0.260. The number of primary amides is 1. The first kappa shape index (κ1) is 27.9. The number of nitrogens with one attached hydrogen (secondary N) is 1. The summed E-state index contributed by atoms with van der Waals surface area (Å²) in [5, 5.41) is 25.8. The molecule has 2 saturated carbocycles.